The van der Waals surface area contributed by atoms with Crippen LogP contribution in [0.15, 0.2) is 35.2 Å². The third kappa shape index (κ3) is 4.61. The van der Waals surface area contributed by atoms with Crippen molar-refractivity contribution in [2.75, 3.05) is 19.0 Å². The zero-order chi connectivity index (χ0) is 23.6. The van der Waals surface area contributed by atoms with Crippen LogP contribution < -0.4 is 15.8 Å². The number of nitrogens with two attached hydrogens (primary N) is 1. The fourth-order valence-corrected chi connectivity index (χ4v) is 5.60. The molecule has 1 aliphatic rings. The lowest BCUT2D eigenvalue weighted by atomic mass is 10.1. The summed E-state index contributed by atoms with van der Waals surface area (Å²) in [6.45, 7) is 3.68. The number of nitrogens with zero attached hydrogens (tertiary/aromatic N) is 1. The Hall–Kier alpha value is -2.98. The number of carbonyl (C=O) groups is 2. The van der Waals surface area contributed by atoms with Gasteiger partial charge in [0.1, 0.15) is 16.5 Å². The molecule has 1 aliphatic heterocycles. The fraction of sp³-hybridized carbons (Fsp3) is 0.364. The van der Waals surface area contributed by atoms with Crippen molar-refractivity contribution in [3.63, 3.8) is 0 Å². The van der Waals surface area contributed by atoms with E-state index in [1.165, 1.54) is 42.6 Å². The van der Waals surface area contributed by atoms with E-state index in [9.17, 15) is 22.4 Å². The van der Waals surface area contributed by atoms with Crippen molar-refractivity contribution in [1.29, 1.82) is 0 Å². The van der Waals surface area contributed by atoms with Crippen LogP contribution in [-0.4, -0.2) is 44.2 Å². The van der Waals surface area contributed by atoms with Gasteiger partial charge in [0.15, 0.2) is 0 Å². The first kappa shape index (κ1) is 23.7. The second kappa shape index (κ2) is 9.25. The number of anilines is 1. The number of primary amides is 1. The van der Waals surface area contributed by atoms with Gasteiger partial charge >= 0.3 is 0 Å². The summed E-state index contributed by atoms with van der Waals surface area (Å²) in [6, 6.07) is 6.16. The molecule has 2 amide bonds. The number of hydrogen-bond donors (Lipinski definition) is 2. The van der Waals surface area contributed by atoms with Crippen molar-refractivity contribution in [1.82, 2.24) is 4.31 Å². The Kier molecular flexibility index (Phi) is 6.85. The van der Waals surface area contributed by atoms with Crippen LogP contribution in [0.4, 0.5) is 10.1 Å². The second-order valence-electron chi connectivity index (χ2n) is 7.78. The summed E-state index contributed by atoms with van der Waals surface area (Å²) in [6.07, 6.45) is 2.46. The van der Waals surface area contributed by atoms with Gasteiger partial charge < -0.3 is 15.8 Å². The first-order valence-corrected chi connectivity index (χ1v) is 11.6. The van der Waals surface area contributed by atoms with Crippen molar-refractivity contribution < 1.29 is 27.1 Å². The minimum atomic E-state index is -3.91. The van der Waals surface area contributed by atoms with E-state index in [2.05, 4.69) is 5.32 Å². The SMILES string of the molecule is COc1ccc(C(=O)Nc2cc(C(N)=O)cc(F)c2C)cc1S(=O)(=O)N1CCCCC1C. The third-order valence-corrected chi connectivity index (χ3v) is 7.67. The minimum Gasteiger partial charge on any atom is -0.495 e. The van der Waals surface area contributed by atoms with Crippen molar-refractivity contribution in [3.05, 3.63) is 52.8 Å². The lowest BCUT2D eigenvalue weighted by Gasteiger charge is -2.32. The standard InChI is InChI=1S/C22H26FN3O5S/c1-13-6-4-5-9-26(13)32(29,30)20-12-15(7-8-19(20)31-3)22(28)25-18-11-16(21(24)27)10-17(23)14(18)2/h7-8,10-13H,4-6,9H2,1-3H3,(H2,24,27)(H,25,28). The Labute approximate surface area is 186 Å². The van der Waals surface area contributed by atoms with Gasteiger partial charge in [-0.15, -0.1) is 0 Å². The lowest BCUT2D eigenvalue weighted by Crippen LogP contribution is -2.42. The summed E-state index contributed by atoms with van der Waals surface area (Å²) in [5.74, 6) is -2.08. The van der Waals surface area contributed by atoms with Crippen LogP contribution in [0, 0.1) is 12.7 Å². The normalized spacial score (nSPS) is 17.1. The Bertz CT molecular complexity index is 1170. The number of benzene rings is 2. The van der Waals surface area contributed by atoms with Crippen LogP contribution in [0.3, 0.4) is 0 Å². The number of carbonyl (C=O) groups excluding carboxylic acids is 2. The zero-order valence-electron chi connectivity index (χ0n) is 18.1. The van der Waals surface area contributed by atoms with E-state index in [-0.39, 0.29) is 39.1 Å². The van der Waals surface area contributed by atoms with Gasteiger partial charge in [0, 0.05) is 35.0 Å². The highest BCUT2D eigenvalue weighted by molar-refractivity contribution is 7.89. The summed E-state index contributed by atoms with van der Waals surface area (Å²) in [5, 5.41) is 2.53. The highest BCUT2D eigenvalue weighted by Crippen LogP contribution is 2.32. The Balaban J connectivity index is 1.98. The van der Waals surface area contributed by atoms with Crippen molar-refractivity contribution in [3.8, 4) is 5.75 Å². The molecule has 0 aromatic heterocycles. The molecule has 0 radical (unpaired) electrons. The second-order valence-corrected chi connectivity index (χ2v) is 9.63. The quantitative estimate of drug-likeness (QED) is 0.683. The van der Waals surface area contributed by atoms with Crippen LogP contribution in [0.2, 0.25) is 0 Å². The molecule has 172 valence electrons. The number of ether oxygens (including phenoxy) is 1. The number of hydrogen-bond acceptors (Lipinski definition) is 5. The molecule has 2 aromatic rings. The summed E-state index contributed by atoms with van der Waals surface area (Å²) in [4.78, 5) is 24.2. The summed E-state index contributed by atoms with van der Waals surface area (Å²) in [5.41, 5.74) is 5.35. The molecule has 8 nitrogen and oxygen atoms in total. The lowest BCUT2D eigenvalue weighted by molar-refractivity contribution is 0.0995. The van der Waals surface area contributed by atoms with Gasteiger partial charge in [-0.25, -0.2) is 12.8 Å². The van der Waals surface area contributed by atoms with Gasteiger partial charge in [-0.2, -0.15) is 4.31 Å². The topological polar surface area (TPSA) is 119 Å². The molecule has 0 aliphatic carbocycles. The largest absolute Gasteiger partial charge is 0.495 e. The molecule has 0 bridgehead atoms. The number of nitrogens with one attached hydrogen (secondary N) is 1. The number of halogens is 1. The molecule has 1 fully saturated rings. The van der Waals surface area contributed by atoms with Crippen LogP contribution in [0.1, 0.15) is 52.5 Å². The summed E-state index contributed by atoms with van der Waals surface area (Å²) in [7, 11) is -2.55. The number of methoxy groups -OCH3 is 1. The minimum absolute atomic E-state index is 0.0401. The predicted molar refractivity (Wildman–Crippen MR) is 118 cm³/mol. The number of piperidine rings is 1. The highest BCUT2D eigenvalue weighted by atomic mass is 32.2. The van der Waals surface area contributed by atoms with Crippen LogP contribution in [-0.2, 0) is 10.0 Å². The van der Waals surface area contributed by atoms with Gasteiger partial charge in [0.2, 0.25) is 15.9 Å². The molecule has 3 rings (SSSR count). The molecule has 1 unspecified atom stereocenters. The molecular formula is C22H26FN3O5S. The molecule has 3 N–H and O–H groups in total. The smallest absolute Gasteiger partial charge is 0.255 e. The molecule has 2 aromatic carbocycles. The summed E-state index contributed by atoms with van der Waals surface area (Å²) >= 11 is 0. The average Bonchev–Trinajstić information content (AvgIpc) is 2.76. The zero-order valence-corrected chi connectivity index (χ0v) is 19.0. The van der Waals surface area contributed by atoms with Crippen molar-refractivity contribution in [2.45, 2.75) is 44.0 Å². The van der Waals surface area contributed by atoms with E-state index in [1.54, 1.807) is 0 Å². The van der Waals surface area contributed by atoms with Crippen LogP contribution in [0.25, 0.3) is 0 Å². The predicted octanol–water partition coefficient (Wildman–Crippen LogP) is 3.06. The van der Waals surface area contributed by atoms with E-state index in [0.717, 1.165) is 25.3 Å². The van der Waals surface area contributed by atoms with Crippen molar-refractivity contribution >= 4 is 27.5 Å². The molecule has 32 heavy (non-hydrogen) atoms. The molecule has 1 saturated heterocycles. The number of sulfonamides is 1. The fourth-order valence-electron chi connectivity index (χ4n) is 3.72. The van der Waals surface area contributed by atoms with E-state index in [4.69, 9.17) is 10.5 Å². The number of rotatable bonds is 6. The maximum absolute atomic E-state index is 14.2. The molecule has 0 spiro atoms. The Morgan fingerprint density at radius 1 is 1.19 bits per heavy atom. The Morgan fingerprint density at radius 3 is 2.53 bits per heavy atom. The van der Waals surface area contributed by atoms with E-state index in [0.29, 0.717) is 6.54 Å². The van der Waals surface area contributed by atoms with Crippen LogP contribution >= 0.6 is 0 Å². The van der Waals surface area contributed by atoms with E-state index in [1.807, 2.05) is 6.92 Å². The Morgan fingerprint density at radius 2 is 1.91 bits per heavy atom. The maximum Gasteiger partial charge on any atom is 0.255 e. The average molecular weight is 464 g/mol. The molecule has 0 saturated carbocycles. The van der Waals surface area contributed by atoms with Gasteiger partial charge in [-0.1, -0.05) is 6.42 Å². The van der Waals surface area contributed by atoms with Gasteiger partial charge in [0.25, 0.3) is 5.91 Å². The highest BCUT2D eigenvalue weighted by Gasteiger charge is 2.33. The van der Waals surface area contributed by atoms with Gasteiger partial charge in [-0.3, -0.25) is 9.59 Å². The van der Waals surface area contributed by atoms with Crippen LogP contribution in [0.5, 0.6) is 5.75 Å². The molecular weight excluding hydrogens is 437 g/mol. The molecule has 10 heteroatoms. The third-order valence-electron chi connectivity index (χ3n) is 5.63. The first-order valence-electron chi connectivity index (χ1n) is 10.2. The van der Waals surface area contributed by atoms with Crippen molar-refractivity contribution in [2.24, 2.45) is 5.73 Å². The van der Waals surface area contributed by atoms with E-state index < -0.39 is 27.7 Å². The van der Waals surface area contributed by atoms with Gasteiger partial charge in [-0.05, 0) is 57.0 Å². The molecule has 1 atom stereocenters. The van der Waals surface area contributed by atoms with Gasteiger partial charge in [0.05, 0.1) is 7.11 Å². The maximum atomic E-state index is 14.2. The molecule has 1 heterocycles. The summed E-state index contributed by atoms with van der Waals surface area (Å²) < 4.78 is 47.5. The first-order chi connectivity index (χ1) is 15.1. The van der Waals surface area contributed by atoms with E-state index >= 15 is 0 Å². The number of amides is 2. The monoisotopic (exact) mass is 463 g/mol.